The molecule has 0 aliphatic heterocycles. The van der Waals surface area contributed by atoms with Gasteiger partial charge in [0, 0.05) is 43.7 Å². The molecule has 2 aromatic heterocycles. The third kappa shape index (κ3) is 5.02. The van der Waals surface area contributed by atoms with Crippen molar-refractivity contribution in [2.75, 3.05) is 0 Å². The quantitative estimate of drug-likeness (QED) is 0.157. The Balaban J connectivity index is 1.26. The normalized spacial score (nSPS) is 12.1. The van der Waals surface area contributed by atoms with Gasteiger partial charge < -0.3 is 9.13 Å². The number of rotatable bonds is 4. The molecule has 0 saturated carbocycles. The molecular formula is C62H38N2. The maximum absolute atomic E-state index is 2.58. The van der Waals surface area contributed by atoms with Crippen molar-refractivity contribution in [3.05, 3.63) is 231 Å². The van der Waals surface area contributed by atoms with Gasteiger partial charge in [0.05, 0.1) is 22.1 Å². The van der Waals surface area contributed by atoms with Crippen LogP contribution < -0.4 is 0 Å². The van der Waals surface area contributed by atoms with E-state index in [1.54, 1.807) is 0 Å². The van der Waals surface area contributed by atoms with Crippen LogP contribution in [0.1, 0.15) is 0 Å². The monoisotopic (exact) mass is 810 g/mol. The molecule has 0 amide bonds. The minimum absolute atomic E-state index is 1.15. The molecule has 0 aliphatic carbocycles. The summed E-state index contributed by atoms with van der Waals surface area (Å²) in [6.07, 6.45) is 0. The van der Waals surface area contributed by atoms with Crippen LogP contribution in [0.2, 0.25) is 0 Å². The molecule has 0 radical (unpaired) electrons. The Morgan fingerprint density at radius 2 is 0.578 bits per heavy atom. The van der Waals surface area contributed by atoms with Crippen molar-refractivity contribution in [2.24, 2.45) is 0 Å². The highest BCUT2D eigenvalue weighted by Gasteiger charge is 2.26. The first-order valence-corrected chi connectivity index (χ1v) is 22.2. The van der Waals surface area contributed by atoms with Gasteiger partial charge in [0.1, 0.15) is 0 Å². The SMILES string of the molecule is c1ccc(-c2ccc3c4c5ccccc5c5c(c6ccccc6c6c7ccc(-c8ccccc8)cc7n(-c7ccc8ccccc8c7)c65)c4n(-c4ccc5ccccc5c4)c3c2)cc1. The van der Waals surface area contributed by atoms with Crippen molar-refractivity contribution in [1.29, 1.82) is 0 Å². The number of nitrogens with zero attached hydrogens (tertiary/aromatic N) is 2. The third-order valence-corrected chi connectivity index (χ3v) is 13.8. The summed E-state index contributed by atoms with van der Waals surface area (Å²) in [5, 5.41) is 17.4. The molecule has 14 rings (SSSR count). The van der Waals surface area contributed by atoms with Gasteiger partial charge in [-0.3, -0.25) is 0 Å². The Labute approximate surface area is 369 Å². The van der Waals surface area contributed by atoms with E-state index in [1.807, 2.05) is 0 Å². The maximum atomic E-state index is 2.58. The summed E-state index contributed by atoms with van der Waals surface area (Å²) in [4.78, 5) is 0. The van der Waals surface area contributed by atoms with Gasteiger partial charge in [0.25, 0.3) is 0 Å². The molecule has 0 N–H and O–H groups in total. The van der Waals surface area contributed by atoms with Crippen LogP contribution in [0, 0.1) is 0 Å². The molecule has 14 aromatic rings. The molecular weight excluding hydrogens is 773 g/mol. The lowest BCUT2D eigenvalue weighted by atomic mass is 9.90. The van der Waals surface area contributed by atoms with Gasteiger partial charge in [0.2, 0.25) is 0 Å². The van der Waals surface area contributed by atoms with Crippen LogP contribution in [0.25, 0.3) is 131 Å². The number of aromatic nitrogens is 2. The van der Waals surface area contributed by atoms with Crippen molar-refractivity contribution >= 4 is 97.5 Å². The Kier molecular flexibility index (Phi) is 7.43. The summed E-state index contributed by atoms with van der Waals surface area (Å²) in [6, 6.07) is 85.5. The Bertz CT molecular complexity index is 3950. The highest BCUT2D eigenvalue weighted by Crippen LogP contribution is 2.51. The van der Waals surface area contributed by atoms with E-state index < -0.39 is 0 Å². The predicted octanol–water partition coefficient (Wildman–Crippen LogP) is 17.0. The van der Waals surface area contributed by atoms with Gasteiger partial charge in [-0.05, 0) is 102 Å². The van der Waals surface area contributed by atoms with E-state index in [0.717, 1.165) is 11.4 Å². The molecule has 0 atom stereocenters. The van der Waals surface area contributed by atoms with Gasteiger partial charge in [-0.15, -0.1) is 0 Å². The van der Waals surface area contributed by atoms with Crippen LogP contribution in [-0.2, 0) is 0 Å². The summed E-state index contributed by atoms with van der Waals surface area (Å²) < 4.78 is 5.15. The lowest BCUT2D eigenvalue weighted by Gasteiger charge is -2.18. The first-order chi connectivity index (χ1) is 31.8. The zero-order chi connectivity index (χ0) is 41.9. The second kappa shape index (κ2) is 13.5. The smallest absolute Gasteiger partial charge is 0.0633 e. The Morgan fingerprint density at radius 3 is 1.00 bits per heavy atom. The van der Waals surface area contributed by atoms with Gasteiger partial charge in [0.15, 0.2) is 0 Å². The number of benzene rings is 12. The molecule has 0 fully saturated rings. The molecule has 0 unspecified atom stereocenters. The zero-order valence-corrected chi connectivity index (χ0v) is 34.8. The molecule has 2 heteroatoms. The van der Waals surface area contributed by atoms with E-state index in [2.05, 4.69) is 240 Å². The fraction of sp³-hybridized carbons (Fsp3) is 0. The van der Waals surface area contributed by atoms with Crippen LogP contribution in [0.4, 0.5) is 0 Å². The minimum Gasteiger partial charge on any atom is -0.309 e. The summed E-state index contributed by atoms with van der Waals surface area (Å²) in [6.45, 7) is 0. The first kappa shape index (κ1) is 35.2. The number of hydrogen-bond donors (Lipinski definition) is 0. The molecule has 0 spiro atoms. The zero-order valence-electron chi connectivity index (χ0n) is 34.8. The van der Waals surface area contributed by atoms with E-state index >= 15 is 0 Å². The molecule has 12 aromatic carbocycles. The Morgan fingerprint density at radius 1 is 0.219 bits per heavy atom. The van der Waals surface area contributed by atoms with E-state index in [0.29, 0.717) is 0 Å². The van der Waals surface area contributed by atoms with Gasteiger partial charge in [-0.25, -0.2) is 0 Å². The lowest BCUT2D eigenvalue weighted by molar-refractivity contribution is 1.19. The van der Waals surface area contributed by atoms with Crippen LogP contribution in [0.5, 0.6) is 0 Å². The van der Waals surface area contributed by atoms with Crippen molar-refractivity contribution in [2.45, 2.75) is 0 Å². The molecule has 0 aliphatic rings. The largest absolute Gasteiger partial charge is 0.309 e. The maximum Gasteiger partial charge on any atom is 0.0633 e. The third-order valence-electron chi connectivity index (χ3n) is 13.8. The highest BCUT2D eigenvalue weighted by molar-refractivity contribution is 6.44. The molecule has 0 bridgehead atoms. The molecule has 64 heavy (non-hydrogen) atoms. The van der Waals surface area contributed by atoms with Gasteiger partial charge in [-0.1, -0.05) is 194 Å². The molecule has 2 nitrogen and oxygen atoms in total. The lowest BCUT2D eigenvalue weighted by Crippen LogP contribution is -1.98. The second-order valence-corrected chi connectivity index (χ2v) is 17.2. The van der Waals surface area contributed by atoms with E-state index in [4.69, 9.17) is 0 Å². The van der Waals surface area contributed by atoms with Crippen LogP contribution in [0.15, 0.2) is 231 Å². The molecule has 2 heterocycles. The van der Waals surface area contributed by atoms with Crippen LogP contribution in [-0.4, -0.2) is 9.13 Å². The number of hydrogen-bond acceptors (Lipinski definition) is 0. The van der Waals surface area contributed by atoms with E-state index in [9.17, 15) is 0 Å². The van der Waals surface area contributed by atoms with Crippen molar-refractivity contribution < 1.29 is 0 Å². The average Bonchev–Trinajstić information content (AvgIpc) is 3.90. The van der Waals surface area contributed by atoms with Crippen molar-refractivity contribution in [3.8, 4) is 33.6 Å². The fourth-order valence-corrected chi connectivity index (χ4v) is 11.0. The number of fused-ring (bicyclic) bond motifs is 17. The topological polar surface area (TPSA) is 9.86 Å². The van der Waals surface area contributed by atoms with Crippen molar-refractivity contribution in [1.82, 2.24) is 9.13 Å². The summed E-state index contributed by atoms with van der Waals surface area (Å²) in [5.74, 6) is 0. The van der Waals surface area contributed by atoms with Gasteiger partial charge in [-0.2, -0.15) is 0 Å². The molecule has 0 saturated heterocycles. The van der Waals surface area contributed by atoms with Crippen molar-refractivity contribution in [3.63, 3.8) is 0 Å². The standard InChI is InChI=1S/C62H38N2/c1-3-15-39(16-4-1)45-29-33-53-55(37-45)63(47-31-27-41-19-7-9-21-43(41)35-47)61-57(53)49-23-11-13-25-51(49)60-59(61)52-26-14-12-24-50(52)58-54-34-30-46(40-17-5-2-6-18-40)38-56(54)64(62(58)60)48-32-28-42-20-8-10-22-44(42)36-48/h1-38H. The fourth-order valence-electron chi connectivity index (χ4n) is 11.0. The summed E-state index contributed by atoms with van der Waals surface area (Å²) >= 11 is 0. The Hall–Kier alpha value is -8.46. The average molecular weight is 811 g/mol. The predicted molar refractivity (Wildman–Crippen MR) is 274 cm³/mol. The second-order valence-electron chi connectivity index (χ2n) is 17.2. The molecule has 296 valence electrons. The van der Waals surface area contributed by atoms with E-state index in [-0.39, 0.29) is 0 Å². The van der Waals surface area contributed by atoms with Crippen LogP contribution >= 0.6 is 0 Å². The van der Waals surface area contributed by atoms with Gasteiger partial charge >= 0.3 is 0 Å². The minimum atomic E-state index is 1.15. The van der Waals surface area contributed by atoms with Crippen LogP contribution in [0.3, 0.4) is 0 Å². The summed E-state index contributed by atoms with van der Waals surface area (Å²) in [7, 11) is 0. The first-order valence-electron chi connectivity index (χ1n) is 22.2. The van der Waals surface area contributed by atoms with E-state index in [1.165, 1.54) is 120 Å². The summed E-state index contributed by atoms with van der Waals surface area (Å²) in [5.41, 5.74) is 11.9. The highest BCUT2D eigenvalue weighted by atomic mass is 15.0.